The molecule has 0 amide bonds. The van der Waals surface area contributed by atoms with Gasteiger partial charge in [-0.15, -0.1) is 0 Å². The maximum Gasteiger partial charge on any atom is 0.320 e. The molecule has 0 radical (unpaired) electrons. The molecule has 1 atom stereocenters. The molecule has 1 N–H and O–H groups in total. The number of aliphatic carboxylic acids is 1. The Morgan fingerprint density at radius 2 is 1.61 bits per heavy atom. The number of carboxylic acids is 1. The van der Waals surface area contributed by atoms with Gasteiger partial charge in [-0.1, -0.05) is 62.4 Å². The lowest BCUT2D eigenvalue weighted by atomic mass is 10.00. The molecule has 1 aromatic rings. The summed E-state index contributed by atoms with van der Waals surface area (Å²) in [5, 5.41) is 9.05. The summed E-state index contributed by atoms with van der Waals surface area (Å²) in [5.41, 5.74) is 1.38. The number of rotatable bonds is 12. The van der Waals surface area contributed by atoms with Gasteiger partial charge in [0.25, 0.3) is 0 Å². The van der Waals surface area contributed by atoms with Gasteiger partial charge in [0.2, 0.25) is 0 Å². The number of esters is 1. The van der Waals surface area contributed by atoms with E-state index < -0.39 is 17.9 Å². The summed E-state index contributed by atoms with van der Waals surface area (Å²) in [6.07, 6.45) is 7.83. The topological polar surface area (TPSA) is 63.6 Å². The fourth-order valence-electron chi connectivity index (χ4n) is 2.61. The summed E-state index contributed by atoms with van der Waals surface area (Å²) in [4.78, 5) is 22.6. The van der Waals surface area contributed by atoms with Gasteiger partial charge in [0.1, 0.15) is 0 Å². The summed E-state index contributed by atoms with van der Waals surface area (Å²) in [6.45, 7) is 1.91. The van der Waals surface area contributed by atoms with E-state index in [-0.39, 0.29) is 6.61 Å². The van der Waals surface area contributed by atoms with Gasteiger partial charge >= 0.3 is 11.9 Å². The predicted molar refractivity (Wildman–Crippen MR) is 90.2 cm³/mol. The molecular formula is C19H28O4. The molecule has 0 saturated heterocycles. The minimum atomic E-state index is -1.08. The smallest absolute Gasteiger partial charge is 0.320 e. The molecule has 0 heterocycles. The largest absolute Gasteiger partial charge is 0.481 e. The highest BCUT2D eigenvalue weighted by Crippen LogP contribution is 2.15. The lowest BCUT2D eigenvalue weighted by Crippen LogP contribution is -2.25. The molecule has 1 rings (SSSR count). The van der Waals surface area contributed by atoms with Gasteiger partial charge in [-0.05, 0) is 31.7 Å². The molecule has 128 valence electrons. The standard InChI is InChI=1S/C19H28O4/c1-2-23-19(22)17(18(20)21)15-11-6-4-3-5-8-12-16-13-9-7-10-14-16/h7,9-10,13-14,17H,2-6,8,11-12,15H2,1H3,(H,20,21)/t17-/m1/s1. The first kappa shape index (κ1) is 19.2. The van der Waals surface area contributed by atoms with Gasteiger partial charge in [-0.25, -0.2) is 0 Å². The molecular weight excluding hydrogens is 292 g/mol. The van der Waals surface area contributed by atoms with Gasteiger partial charge in [-0.3, -0.25) is 9.59 Å². The molecule has 0 aliphatic rings. The van der Waals surface area contributed by atoms with E-state index in [1.165, 1.54) is 18.4 Å². The first-order chi connectivity index (χ1) is 11.1. The molecule has 0 fully saturated rings. The van der Waals surface area contributed by atoms with Crippen molar-refractivity contribution in [2.24, 2.45) is 5.92 Å². The molecule has 4 nitrogen and oxygen atoms in total. The summed E-state index contributed by atoms with van der Waals surface area (Å²) >= 11 is 0. The number of hydrogen-bond acceptors (Lipinski definition) is 3. The Morgan fingerprint density at radius 3 is 2.22 bits per heavy atom. The Bertz CT molecular complexity index is 456. The second kappa shape index (κ2) is 11.7. The van der Waals surface area contributed by atoms with Gasteiger partial charge in [0, 0.05) is 0 Å². The minimum absolute atomic E-state index is 0.226. The first-order valence-electron chi connectivity index (χ1n) is 8.58. The van der Waals surface area contributed by atoms with E-state index in [1.807, 2.05) is 6.07 Å². The maximum absolute atomic E-state index is 11.5. The molecule has 4 heteroatoms. The molecule has 0 aromatic heterocycles. The molecule has 0 spiro atoms. The molecule has 0 aliphatic carbocycles. The molecule has 0 unspecified atom stereocenters. The van der Waals surface area contributed by atoms with E-state index in [1.54, 1.807) is 6.92 Å². The van der Waals surface area contributed by atoms with Crippen LogP contribution < -0.4 is 0 Å². The zero-order valence-corrected chi connectivity index (χ0v) is 14.0. The third-order valence-electron chi connectivity index (χ3n) is 3.92. The number of carboxylic acid groups (broad SMARTS) is 1. The normalized spacial score (nSPS) is 11.9. The number of ether oxygens (including phenoxy) is 1. The Kier molecular flexibility index (Phi) is 9.76. The number of unbranched alkanes of at least 4 members (excludes halogenated alkanes) is 5. The molecule has 0 saturated carbocycles. The van der Waals surface area contributed by atoms with Crippen LogP contribution in [0, 0.1) is 5.92 Å². The summed E-state index contributed by atoms with van der Waals surface area (Å²) in [7, 11) is 0. The van der Waals surface area contributed by atoms with Crippen LogP contribution >= 0.6 is 0 Å². The van der Waals surface area contributed by atoms with Gasteiger partial charge in [0.05, 0.1) is 6.61 Å². The number of aryl methyl sites for hydroxylation is 1. The average Bonchev–Trinajstić information content (AvgIpc) is 2.54. The van der Waals surface area contributed by atoms with E-state index >= 15 is 0 Å². The zero-order chi connectivity index (χ0) is 16.9. The van der Waals surface area contributed by atoms with Crippen LogP contribution in [0.4, 0.5) is 0 Å². The molecule has 0 bridgehead atoms. The summed E-state index contributed by atoms with van der Waals surface area (Å²) < 4.78 is 4.80. The van der Waals surface area contributed by atoms with E-state index in [0.29, 0.717) is 6.42 Å². The van der Waals surface area contributed by atoms with Crippen molar-refractivity contribution in [2.45, 2.75) is 58.3 Å². The lowest BCUT2D eigenvalue weighted by Gasteiger charge is -2.10. The monoisotopic (exact) mass is 320 g/mol. The lowest BCUT2D eigenvalue weighted by molar-refractivity contribution is -0.158. The van der Waals surface area contributed by atoms with E-state index in [0.717, 1.165) is 32.1 Å². The highest BCUT2D eigenvalue weighted by molar-refractivity contribution is 5.93. The highest BCUT2D eigenvalue weighted by atomic mass is 16.5. The summed E-state index contributed by atoms with van der Waals surface area (Å²) in [6, 6.07) is 10.5. The van der Waals surface area contributed by atoms with Crippen LogP contribution in [0.25, 0.3) is 0 Å². The van der Waals surface area contributed by atoms with Crippen LogP contribution in [0.5, 0.6) is 0 Å². The number of hydrogen-bond donors (Lipinski definition) is 1. The second-order valence-corrected chi connectivity index (χ2v) is 5.79. The average molecular weight is 320 g/mol. The molecule has 1 aromatic carbocycles. The van der Waals surface area contributed by atoms with Crippen molar-refractivity contribution in [3.05, 3.63) is 35.9 Å². The van der Waals surface area contributed by atoms with Crippen LogP contribution in [0.1, 0.15) is 57.4 Å². The van der Waals surface area contributed by atoms with Crippen molar-refractivity contribution in [1.82, 2.24) is 0 Å². The van der Waals surface area contributed by atoms with Gasteiger partial charge < -0.3 is 9.84 Å². The van der Waals surface area contributed by atoms with E-state index in [4.69, 9.17) is 9.84 Å². The van der Waals surface area contributed by atoms with Crippen molar-refractivity contribution in [1.29, 1.82) is 0 Å². The Balaban J connectivity index is 2.05. The van der Waals surface area contributed by atoms with Gasteiger partial charge in [0.15, 0.2) is 5.92 Å². The number of benzene rings is 1. The van der Waals surface area contributed by atoms with Crippen molar-refractivity contribution in [3.63, 3.8) is 0 Å². The zero-order valence-electron chi connectivity index (χ0n) is 14.0. The van der Waals surface area contributed by atoms with Crippen LogP contribution in [0.3, 0.4) is 0 Å². The Morgan fingerprint density at radius 1 is 1.00 bits per heavy atom. The van der Waals surface area contributed by atoms with Crippen LogP contribution in [0.15, 0.2) is 30.3 Å². The van der Waals surface area contributed by atoms with Crippen LogP contribution in [0.2, 0.25) is 0 Å². The SMILES string of the molecule is CCOC(=O)[C@H](CCCCCCCCc1ccccc1)C(=O)O. The third kappa shape index (κ3) is 8.38. The van der Waals surface area contributed by atoms with E-state index in [9.17, 15) is 9.59 Å². The first-order valence-corrected chi connectivity index (χ1v) is 8.58. The molecule has 0 aliphatic heterocycles. The van der Waals surface area contributed by atoms with Crippen molar-refractivity contribution in [2.75, 3.05) is 6.61 Å². The Labute approximate surface area is 138 Å². The molecule has 23 heavy (non-hydrogen) atoms. The maximum atomic E-state index is 11.5. The summed E-state index contributed by atoms with van der Waals surface area (Å²) in [5.74, 6) is -2.69. The fourth-order valence-corrected chi connectivity index (χ4v) is 2.61. The quantitative estimate of drug-likeness (QED) is 0.356. The van der Waals surface area contributed by atoms with Crippen LogP contribution in [-0.2, 0) is 20.7 Å². The van der Waals surface area contributed by atoms with Gasteiger partial charge in [-0.2, -0.15) is 0 Å². The van der Waals surface area contributed by atoms with E-state index in [2.05, 4.69) is 24.3 Å². The van der Waals surface area contributed by atoms with Crippen molar-refractivity contribution in [3.8, 4) is 0 Å². The highest BCUT2D eigenvalue weighted by Gasteiger charge is 2.26. The van der Waals surface area contributed by atoms with Crippen molar-refractivity contribution >= 4 is 11.9 Å². The number of carbonyl (C=O) groups excluding carboxylic acids is 1. The fraction of sp³-hybridized carbons (Fsp3) is 0.579. The third-order valence-corrected chi connectivity index (χ3v) is 3.92. The minimum Gasteiger partial charge on any atom is -0.481 e. The Hall–Kier alpha value is -1.84. The van der Waals surface area contributed by atoms with Crippen molar-refractivity contribution < 1.29 is 19.4 Å². The second-order valence-electron chi connectivity index (χ2n) is 5.79. The van der Waals surface area contributed by atoms with Crippen LogP contribution in [-0.4, -0.2) is 23.7 Å². The predicted octanol–water partition coefficient (Wildman–Crippen LogP) is 4.22. The number of carbonyl (C=O) groups is 2.